The SMILES string of the molecule is C[C@@H]1C(=O)N(c2cccc(C(F)(F)F)c2)CCN1Cc1ccccc1. The second kappa shape index (κ2) is 6.88. The van der Waals surface area contributed by atoms with E-state index in [0.717, 1.165) is 17.7 Å². The molecule has 0 aromatic heterocycles. The van der Waals surface area contributed by atoms with E-state index in [4.69, 9.17) is 0 Å². The molecule has 1 aliphatic heterocycles. The van der Waals surface area contributed by atoms with Gasteiger partial charge in [0.1, 0.15) is 0 Å². The van der Waals surface area contributed by atoms with Gasteiger partial charge in [-0.3, -0.25) is 9.69 Å². The summed E-state index contributed by atoms with van der Waals surface area (Å²) < 4.78 is 38.7. The van der Waals surface area contributed by atoms with Gasteiger partial charge in [-0.2, -0.15) is 13.2 Å². The maximum Gasteiger partial charge on any atom is 0.416 e. The van der Waals surface area contributed by atoms with Crippen molar-refractivity contribution in [3.05, 3.63) is 65.7 Å². The van der Waals surface area contributed by atoms with Crippen molar-refractivity contribution in [3.8, 4) is 0 Å². The summed E-state index contributed by atoms with van der Waals surface area (Å²) in [6, 6.07) is 14.4. The van der Waals surface area contributed by atoms with E-state index in [2.05, 4.69) is 0 Å². The molecule has 0 radical (unpaired) electrons. The zero-order valence-corrected chi connectivity index (χ0v) is 13.8. The minimum Gasteiger partial charge on any atom is -0.310 e. The smallest absolute Gasteiger partial charge is 0.310 e. The van der Waals surface area contributed by atoms with Crippen molar-refractivity contribution in [3.63, 3.8) is 0 Å². The number of nitrogens with zero attached hydrogens (tertiary/aromatic N) is 2. The van der Waals surface area contributed by atoms with Crippen LogP contribution in [0.3, 0.4) is 0 Å². The molecule has 0 bridgehead atoms. The summed E-state index contributed by atoms with van der Waals surface area (Å²) >= 11 is 0. The molecule has 1 amide bonds. The minimum absolute atomic E-state index is 0.179. The van der Waals surface area contributed by atoms with Gasteiger partial charge in [0.2, 0.25) is 5.91 Å². The lowest BCUT2D eigenvalue weighted by Crippen LogP contribution is -2.55. The second-order valence-electron chi connectivity index (χ2n) is 6.17. The van der Waals surface area contributed by atoms with Crippen molar-refractivity contribution >= 4 is 11.6 Å². The molecule has 1 fully saturated rings. The number of rotatable bonds is 3. The highest BCUT2D eigenvalue weighted by Crippen LogP contribution is 2.32. The number of carbonyl (C=O) groups is 1. The number of halogens is 3. The van der Waals surface area contributed by atoms with Crippen molar-refractivity contribution in [2.75, 3.05) is 18.0 Å². The van der Waals surface area contributed by atoms with Crippen LogP contribution in [-0.4, -0.2) is 29.9 Å². The lowest BCUT2D eigenvalue weighted by Gasteiger charge is -2.39. The summed E-state index contributed by atoms with van der Waals surface area (Å²) in [6.07, 6.45) is -4.42. The molecule has 2 aromatic rings. The molecule has 25 heavy (non-hydrogen) atoms. The molecule has 0 aliphatic carbocycles. The summed E-state index contributed by atoms with van der Waals surface area (Å²) in [5, 5.41) is 0. The quantitative estimate of drug-likeness (QED) is 0.839. The number of hydrogen-bond acceptors (Lipinski definition) is 2. The maximum absolute atomic E-state index is 12.9. The molecule has 3 nitrogen and oxygen atoms in total. The number of hydrogen-bond donors (Lipinski definition) is 0. The van der Waals surface area contributed by atoms with Crippen molar-refractivity contribution in [1.29, 1.82) is 0 Å². The molecule has 3 rings (SSSR count). The number of anilines is 1. The van der Waals surface area contributed by atoms with E-state index in [1.54, 1.807) is 13.0 Å². The fourth-order valence-electron chi connectivity index (χ4n) is 3.05. The minimum atomic E-state index is -4.42. The van der Waals surface area contributed by atoms with Crippen LogP contribution < -0.4 is 4.90 Å². The molecular weight excluding hydrogens is 329 g/mol. The van der Waals surface area contributed by atoms with Crippen LogP contribution in [0.15, 0.2) is 54.6 Å². The van der Waals surface area contributed by atoms with Gasteiger partial charge in [0.05, 0.1) is 11.6 Å². The lowest BCUT2D eigenvalue weighted by molar-refractivity contribution is -0.137. The van der Waals surface area contributed by atoms with E-state index >= 15 is 0 Å². The third kappa shape index (κ3) is 3.85. The van der Waals surface area contributed by atoms with Crippen molar-refractivity contribution in [2.45, 2.75) is 25.7 Å². The maximum atomic E-state index is 12.9. The average molecular weight is 348 g/mol. The van der Waals surface area contributed by atoms with Crippen LogP contribution in [0.5, 0.6) is 0 Å². The van der Waals surface area contributed by atoms with E-state index in [1.807, 2.05) is 35.2 Å². The molecule has 2 aromatic carbocycles. The average Bonchev–Trinajstić information content (AvgIpc) is 2.59. The van der Waals surface area contributed by atoms with Crippen molar-refractivity contribution in [1.82, 2.24) is 4.90 Å². The highest BCUT2D eigenvalue weighted by atomic mass is 19.4. The third-order valence-corrected chi connectivity index (χ3v) is 4.50. The van der Waals surface area contributed by atoms with Gasteiger partial charge in [0.25, 0.3) is 0 Å². The fourth-order valence-corrected chi connectivity index (χ4v) is 3.05. The summed E-state index contributed by atoms with van der Waals surface area (Å²) in [4.78, 5) is 16.2. The Morgan fingerprint density at radius 1 is 1.04 bits per heavy atom. The molecule has 6 heteroatoms. The molecule has 1 heterocycles. The lowest BCUT2D eigenvalue weighted by atomic mass is 10.1. The first-order chi connectivity index (χ1) is 11.9. The number of carbonyl (C=O) groups excluding carboxylic acids is 1. The fraction of sp³-hybridized carbons (Fsp3) is 0.316. The zero-order chi connectivity index (χ0) is 18.0. The number of benzene rings is 2. The van der Waals surface area contributed by atoms with Gasteiger partial charge in [0.15, 0.2) is 0 Å². The molecule has 1 saturated heterocycles. The Kier molecular flexibility index (Phi) is 4.81. The number of piperazine rings is 1. The van der Waals surface area contributed by atoms with Gasteiger partial charge in [-0.1, -0.05) is 36.4 Å². The van der Waals surface area contributed by atoms with Crippen LogP contribution in [0.2, 0.25) is 0 Å². The number of amides is 1. The topological polar surface area (TPSA) is 23.6 Å². The predicted molar refractivity (Wildman–Crippen MR) is 90.1 cm³/mol. The van der Waals surface area contributed by atoms with Gasteiger partial charge in [-0.15, -0.1) is 0 Å². The van der Waals surface area contributed by atoms with E-state index < -0.39 is 11.7 Å². The third-order valence-electron chi connectivity index (χ3n) is 4.50. The summed E-state index contributed by atoms with van der Waals surface area (Å²) in [5.74, 6) is -0.179. The van der Waals surface area contributed by atoms with Crippen molar-refractivity contribution in [2.24, 2.45) is 0 Å². The largest absolute Gasteiger partial charge is 0.416 e. The molecule has 1 atom stereocenters. The van der Waals surface area contributed by atoms with Gasteiger partial charge in [-0.05, 0) is 30.7 Å². The molecule has 0 N–H and O–H groups in total. The molecular formula is C19H19F3N2O. The highest BCUT2D eigenvalue weighted by molar-refractivity contribution is 5.97. The van der Waals surface area contributed by atoms with Crippen LogP contribution in [0, 0.1) is 0 Å². The van der Waals surface area contributed by atoms with Crippen LogP contribution in [-0.2, 0) is 17.5 Å². The van der Waals surface area contributed by atoms with Gasteiger partial charge in [0, 0.05) is 25.3 Å². The van der Waals surface area contributed by atoms with Crippen LogP contribution >= 0.6 is 0 Å². The Hall–Kier alpha value is -2.34. The second-order valence-corrected chi connectivity index (χ2v) is 6.17. The Bertz CT molecular complexity index is 746. The summed E-state index contributed by atoms with van der Waals surface area (Å²) in [5.41, 5.74) is 0.665. The first-order valence-corrected chi connectivity index (χ1v) is 8.13. The van der Waals surface area contributed by atoms with Crippen LogP contribution in [0.1, 0.15) is 18.1 Å². The van der Waals surface area contributed by atoms with Crippen molar-refractivity contribution < 1.29 is 18.0 Å². The van der Waals surface area contributed by atoms with Crippen LogP contribution in [0.25, 0.3) is 0 Å². The Morgan fingerprint density at radius 2 is 1.76 bits per heavy atom. The summed E-state index contributed by atoms with van der Waals surface area (Å²) in [7, 11) is 0. The van der Waals surface area contributed by atoms with Gasteiger partial charge < -0.3 is 4.90 Å². The standard InChI is InChI=1S/C19H19F3N2O/c1-14-18(25)24(17-9-5-8-16(12-17)19(20,21)22)11-10-23(14)13-15-6-3-2-4-7-15/h2-9,12,14H,10-11,13H2,1H3/t14-/m1/s1. The predicted octanol–water partition coefficient (Wildman–Crippen LogP) is 3.94. The monoisotopic (exact) mass is 348 g/mol. The summed E-state index contributed by atoms with van der Waals surface area (Å²) in [6.45, 7) is 3.42. The van der Waals surface area contributed by atoms with E-state index in [1.165, 1.54) is 11.0 Å². The van der Waals surface area contributed by atoms with Gasteiger partial charge in [-0.25, -0.2) is 0 Å². The first kappa shape index (κ1) is 17.5. The Balaban J connectivity index is 1.76. The normalized spacial score (nSPS) is 19.3. The molecule has 0 unspecified atom stereocenters. The highest BCUT2D eigenvalue weighted by Gasteiger charge is 2.34. The molecule has 1 aliphatic rings. The number of alkyl halides is 3. The van der Waals surface area contributed by atoms with Gasteiger partial charge >= 0.3 is 6.18 Å². The van der Waals surface area contributed by atoms with E-state index in [9.17, 15) is 18.0 Å². The molecule has 0 saturated carbocycles. The zero-order valence-electron chi connectivity index (χ0n) is 13.8. The van der Waals surface area contributed by atoms with Crippen LogP contribution in [0.4, 0.5) is 18.9 Å². The Labute approximate surface area is 144 Å². The van der Waals surface area contributed by atoms with E-state index in [-0.39, 0.29) is 11.9 Å². The van der Waals surface area contributed by atoms with E-state index in [0.29, 0.717) is 25.3 Å². The Morgan fingerprint density at radius 3 is 2.44 bits per heavy atom. The first-order valence-electron chi connectivity index (χ1n) is 8.13. The molecule has 132 valence electrons. The molecule has 0 spiro atoms.